The third kappa shape index (κ3) is 2.99. The van der Waals surface area contributed by atoms with Crippen LogP contribution in [0.5, 0.6) is 5.75 Å². The number of phenols is 1. The van der Waals surface area contributed by atoms with E-state index in [-0.39, 0.29) is 18.7 Å². The van der Waals surface area contributed by atoms with Gasteiger partial charge in [0.05, 0.1) is 6.61 Å². The number of aryl methyl sites for hydroxylation is 1. The highest BCUT2D eigenvalue weighted by Crippen LogP contribution is 2.46. The van der Waals surface area contributed by atoms with Crippen molar-refractivity contribution in [3.05, 3.63) is 28.8 Å². The van der Waals surface area contributed by atoms with E-state index in [0.717, 1.165) is 18.4 Å². The molecule has 3 heteroatoms. The van der Waals surface area contributed by atoms with Crippen LogP contribution >= 0.6 is 0 Å². The fourth-order valence-electron chi connectivity index (χ4n) is 3.54. The van der Waals surface area contributed by atoms with Gasteiger partial charge in [-0.2, -0.15) is 0 Å². The van der Waals surface area contributed by atoms with Gasteiger partial charge in [0, 0.05) is 17.6 Å². The predicted molar refractivity (Wildman–Crippen MR) is 82.1 cm³/mol. The highest BCUT2D eigenvalue weighted by Gasteiger charge is 2.33. The molecule has 3 nitrogen and oxygen atoms in total. The van der Waals surface area contributed by atoms with Crippen molar-refractivity contribution in [3.8, 4) is 5.75 Å². The van der Waals surface area contributed by atoms with Crippen molar-refractivity contribution in [2.75, 3.05) is 6.61 Å². The van der Waals surface area contributed by atoms with Crippen LogP contribution < -0.4 is 5.32 Å². The molecular formula is C17H27NO2. The molecule has 3 unspecified atom stereocenters. The van der Waals surface area contributed by atoms with Crippen LogP contribution in [-0.4, -0.2) is 22.9 Å². The molecule has 0 fully saturated rings. The van der Waals surface area contributed by atoms with Gasteiger partial charge >= 0.3 is 0 Å². The summed E-state index contributed by atoms with van der Waals surface area (Å²) in [5, 5.41) is 23.3. The van der Waals surface area contributed by atoms with Gasteiger partial charge in [-0.25, -0.2) is 0 Å². The third-order valence-electron chi connectivity index (χ3n) is 4.33. The second kappa shape index (κ2) is 6.15. The van der Waals surface area contributed by atoms with Gasteiger partial charge < -0.3 is 15.5 Å². The fraction of sp³-hybridized carbons (Fsp3) is 0.647. The minimum atomic E-state index is 0.0954. The first-order valence-electron chi connectivity index (χ1n) is 7.63. The first kappa shape index (κ1) is 15.3. The van der Waals surface area contributed by atoms with Gasteiger partial charge in [0.1, 0.15) is 5.75 Å². The molecular weight excluding hydrogens is 250 g/mol. The molecule has 20 heavy (non-hydrogen) atoms. The average molecular weight is 277 g/mol. The number of aliphatic hydroxyl groups excluding tert-OH is 1. The van der Waals surface area contributed by atoms with Crippen molar-refractivity contribution in [1.82, 2.24) is 5.32 Å². The van der Waals surface area contributed by atoms with Gasteiger partial charge in [-0.05, 0) is 48.8 Å². The molecule has 1 aromatic rings. The normalized spacial score (nSPS) is 23.1. The summed E-state index contributed by atoms with van der Waals surface area (Å²) >= 11 is 0. The predicted octanol–water partition coefficient (Wildman–Crippen LogP) is 3.25. The first-order chi connectivity index (χ1) is 9.43. The Labute approximate surface area is 122 Å². The molecule has 0 amide bonds. The SMILES string of the molecule is Cc1ccc(O)c2c1C(C)CC2NC(CO)CC(C)C. The number of fused-ring (bicyclic) bond motifs is 1. The van der Waals surface area contributed by atoms with Crippen LogP contribution in [-0.2, 0) is 0 Å². The Balaban J connectivity index is 2.23. The van der Waals surface area contributed by atoms with E-state index in [1.54, 1.807) is 6.07 Å². The summed E-state index contributed by atoms with van der Waals surface area (Å²) in [7, 11) is 0. The Morgan fingerprint density at radius 1 is 1.30 bits per heavy atom. The fourth-order valence-corrected chi connectivity index (χ4v) is 3.54. The number of aliphatic hydroxyl groups is 1. The molecule has 0 bridgehead atoms. The molecule has 0 aromatic heterocycles. The Bertz CT molecular complexity index is 470. The molecule has 3 atom stereocenters. The van der Waals surface area contributed by atoms with Gasteiger partial charge in [0.15, 0.2) is 0 Å². The van der Waals surface area contributed by atoms with Crippen LogP contribution in [0.4, 0.5) is 0 Å². The third-order valence-corrected chi connectivity index (χ3v) is 4.33. The second-order valence-electron chi connectivity index (χ2n) is 6.59. The Morgan fingerprint density at radius 3 is 2.60 bits per heavy atom. The molecule has 1 aliphatic carbocycles. The standard InChI is InChI=1S/C17H27NO2/c1-10(2)7-13(9-19)18-14-8-12(4)16-11(3)5-6-15(20)17(14)16/h5-6,10,12-14,18-20H,7-9H2,1-4H3. The highest BCUT2D eigenvalue weighted by molar-refractivity contribution is 5.50. The van der Waals surface area contributed by atoms with Gasteiger partial charge in [-0.15, -0.1) is 0 Å². The molecule has 3 N–H and O–H groups in total. The lowest BCUT2D eigenvalue weighted by Crippen LogP contribution is -2.36. The second-order valence-corrected chi connectivity index (χ2v) is 6.59. The topological polar surface area (TPSA) is 52.5 Å². The van der Waals surface area contributed by atoms with E-state index < -0.39 is 0 Å². The largest absolute Gasteiger partial charge is 0.508 e. The summed E-state index contributed by atoms with van der Waals surface area (Å²) in [5.74, 6) is 1.38. The zero-order valence-electron chi connectivity index (χ0n) is 13.0. The van der Waals surface area contributed by atoms with E-state index in [2.05, 4.69) is 33.0 Å². The van der Waals surface area contributed by atoms with Crippen LogP contribution in [0.1, 0.15) is 62.3 Å². The lowest BCUT2D eigenvalue weighted by molar-refractivity contribution is 0.211. The number of rotatable bonds is 5. The molecule has 0 spiro atoms. The summed E-state index contributed by atoms with van der Waals surface area (Å²) in [6.45, 7) is 8.79. The zero-order chi connectivity index (χ0) is 14.9. The van der Waals surface area contributed by atoms with Crippen LogP contribution in [0.15, 0.2) is 12.1 Å². The van der Waals surface area contributed by atoms with Crippen molar-refractivity contribution in [2.24, 2.45) is 5.92 Å². The van der Waals surface area contributed by atoms with Gasteiger partial charge in [0.2, 0.25) is 0 Å². The van der Waals surface area contributed by atoms with Crippen LogP contribution in [0.25, 0.3) is 0 Å². The molecule has 0 saturated carbocycles. The molecule has 2 rings (SSSR count). The maximum Gasteiger partial charge on any atom is 0.120 e. The van der Waals surface area contributed by atoms with Gasteiger partial charge in [-0.1, -0.05) is 26.8 Å². The Hall–Kier alpha value is -1.06. The molecule has 0 heterocycles. The molecule has 0 aliphatic heterocycles. The van der Waals surface area contributed by atoms with Crippen molar-refractivity contribution >= 4 is 0 Å². The summed E-state index contributed by atoms with van der Waals surface area (Å²) in [4.78, 5) is 0. The van der Waals surface area contributed by atoms with E-state index in [0.29, 0.717) is 17.6 Å². The van der Waals surface area contributed by atoms with E-state index in [1.807, 2.05) is 6.07 Å². The van der Waals surface area contributed by atoms with Crippen LogP contribution in [0, 0.1) is 12.8 Å². The number of aromatic hydroxyl groups is 1. The van der Waals surface area contributed by atoms with E-state index in [9.17, 15) is 10.2 Å². The van der Waals surface area contributed by atoms with Gasteiger partial charge in [-0.3, -0.25) is 0 Å². The van der Waals surface area contributed by atoms with E-state index in [4.69, 9.17) is 0 Å². The van der Waals surface area contributed by atoms with E-state index >= 15 is 0 Å². The molecule has 1 aliphatic rings. The summed E-state index contributed by atoms with van der Waals surface area (Å²) < 4.78 is 0. The number of nitrogens with one attached hydrogen (secondary N) is 1. The number of benzene rings is 1. The Kier molecular flexibility index (Phi) is 4.71. The molecule has 0 radical (unpaired) electrons. The molecule has 0 saturated heterocycles. The maximum absolute atomic E-state index is 10.2. The average Bonchev–Trinajstić information content (AvgIpc) is 2.70. The lowest BCUT2D eigenvalue weighted by atomic mass is 9.97. The minimum absolute atomic E-state index is 0.0954. The summed E-state index contributed by atoms with van der Waals surface area (Å²) in [6, 6.07) is 4.02. The summed E-state index contributed by atoms with van der Waals surface area (Å²) in [6.07, 6.45) is 1.94. The van der Waals surface area contributed by atoms with Crippen molar-refractivity contribution in [3.63, 3.8) is 0 Å². The monoisotopic (exact) mass is 277 g/mol. The van der Waals surface area contributed by atoms with Crippen molar-refractivity contribution in [2.45, 2.75) is 58.5 Å². The van der Waals surface area contributed by atoms with Gasteiger partial charge in [0.25, 0.3) is 0 Å². The Morgan fingerprint density at radius 2 is 2.00 bits per heavy atom. The highest BCUT2D eigenvalue weighted by atomic mass is 16.3. The lowest BCUT2D eigenvalue weighted by Gasteiger charge is -2.24. The van der Waals surface area contributed by atoms with E-state index in [1.165, 1.54) is 11.1 Å². The molecule has 112 valence electrons. The quantitative estimate of drug-likeness (QED) is 0.774. The minimum Gasteiger partial charge on any atom is -0.508 e. The number of hydrogen-bond donors (Lipinski definition) is 3. The van der Waals surface area contributed by atoms with Crippen molar-refractivity contribution < 1.29 is 10.2 Å². The summed E-state index contributed by atoms with van der Waals surface area (Å²) in [5.41, 5.74) is 3.57. The zero-order valence-corrected chi connectivity index (χ0v) is 13.0. The van der Waals surface area contributed by atoms with Crippen LogP contribution in [0.2, 0.25) is 0 Å². The number of hydrogen-bond acceptors (Lipinski definition) is 3. The number of phenolic OH excluding ortho intramolecular Hbond substituents is 1. The molecule has 1 aromatic carbocycles. The van der Waals surface area contributed by atoms with Crippen molar-refractivity contribution in [1.29, 1.82) is 0 Å². The maximum atomic E-state index is 10.2. The smallest absolute Gasteiger partial charge is 0.120 e. The first-order valence-corrected chi connectivity index (χ1v) is 7.63. The van der Waals surface area contributed by atoms with Crippen LogP contribution in [0.3, 0.4) is 0 Å².